The third-order valence-electron chi connectivity index (χ3n) is 10.1. The number of nitro benzene ring substituents is 2. The predicted octanol–water partition coefficient (Wildman–Crippen LogP) is 11.6. The normalized spacial score (nSPS) is 10.3. The van der Waals surface area contributed by atoms with E-state index < -0.39 is 39.6 Å². The van der Waals surface area contributed by atoms with E-state index in [9.17, 15) is 44.2 Å². The lowest BCUT2D eigenvalue weighted by Crippen LogP contribution is -2.17. The number of carboxylic acid groups (broad SMARTS) is 1. The van der Waals surface area contributed by atoms with Crippen LogP contribution in [-0.2, 0) is 9.47 Å². The first-order valence-corrected chi connectivity index (χ1v) is 25.3. The second kappa shape index (κ2) is 33.3. The van der Waals surface area contributed by atoms with Crippen LogP contribution in [0.5, 0.6) is 34.5 Å². The number of amides is 2. The zero-order chi connectivity index (χ0) is 61.1. The first-order valence-electron chi connectivity index (χ1n) is 25.3. The van der Waals surface area contributed by atoms with E-state index in [1.54, 1.807) is 82.3 Å². The van der Waals surface area contributed by atoms with Crippen LogP contribution < -0.4 is 44.8 Å². The van der Waals surface area contributed by atoms with Crippen molar-refractivity contribution in [3.63, 3.8) is 0 Å². The standard InChI is InChI=1S/C23H26N2O7.C23H26N2O5.C13H15NO6/c1-5-13-30-20-18(11-12-19(25(28)29)21(20)32-15(3)4)22(26)24-17-9-7-16(8-10-17)23(27)31-14-6-2;1-5-13-28-20-18(11-12-19(24)21(20)30-15(3)4)22(26)25-17-9-7-16(8-10-17)23(27)29-14-6-2;1-4-7-19-11-9(13(15)16)5-6-10(14(17)18)12(11)20-8(2)3/h6-12,15H,2,5,13-14H2,1,3-4H3,(H,24,26);5-12,15H,1-2,13-14,24H2,3-4H3,(H,25,26);4-6,8H,1,7H2,2-3H3,(H,15,16). The van der Waals surface area contributed by atoms with Gasteiger partial charge in [0.15, 0.2) is 23.0 Å². The van der Waals surface area contributed by atoms with Crippen molar-refractivity contribution in [3.8, 4) is 34.5 Å². The number of nitrogens with two attached hydrogens (primary N) is 1. The van der Waals surface area contributed by atoms with Crippen LogP contribution in [0.4, 0.5) is 28.4 Å². The van der Waals surface area contributed by atoms with Crippen LogP contribution in [0.1, 0.15) is 107 Å². The molecule has 0 spiro atoms. The van der Waals surface area contributed by atoms with Gasteiger partial charge in [-0.1, -0.05) is 57.5 Å². The van der Waals surface area contributed by atoms with Gasteiger partial charge in [0.2, 0.25) is 11.5 Å². The number of nitro groups is 2. The van der Waals surface area contributed by atoms with E-state index in [1.807, 2.05) is 20.8 Å². The van der Waals surface area contributed by atoms with Gasteiger partial charge < -0.3 is 59.4 Å². The number of nitrogens with zero attached hydrogens (tertiary/aromatic N) is 2. The molecule has 5 rings (SSSR count). The fourth-order valence-corrected chi connectivity index (χ4v) is 6.68. The molecule has 0 aromatic heterocycles. The summed E-state index contributed by atoms with van der Waals surface area (Å²) in [6.45, 7) is 27.1. The Bertz CT molecular complexity index is 3080. The summed E-state index contributed by atoms with van der Waals surface area (Å²) in [5.41, 5.74) is 7.51. The van der Waals surface area contributed by atoms with Gasteiger partial charge >= 0.3 is 29.3 Å². The van der Waals surface area contributed by atoms with E-state index >= 15 is 0 Å². The Morgan fingerprint density at radius 3 is 1.23 bits per heavy atom. The molecule has 0 saturated carbocycles. The number of carboxylic acids is 1. The van der Waals surface area contributed by atoms with Crippen molar-refractivity contribution < 1.29 is 76.8 Å². The highest BCUT2D eigenvalue weighted by atomic mass is 16.6. The smallest absolute Gasteiger partial charge is 0.339 e. The van der Waals surface area contributed by atoms with Crippen LogP contribution in [0, 0.1) is 20.2 Å². The molecule has 5 aromatic carbocycles. The molecule has 0 bridgehead atoms. The van der Waals surface area contributed by atoms with E-state index in [-0.39, 0.29) is 108 Å². The Morgan fingerprint density at radius 1 is 0.524 bits per heavy atom. The van der Waals surface area contributed by atoms with Gasteiger partial charge in [-0.15, -0.1) is 0 Å². The molecule has 5 aromatic rings. The minimum absolute atomic E-state index is 0.00982. The minimum Gasteiger partial charge on any atom is -0.489 e. The van der Waals surface area contributed by atoms with Crippen LogP contribution in [-0.4, -0.2) is 96.0 Å². The lowest BCUT2D eigenvalue weighted by molar-refractivity contribution is -0.386. The van der Waals surface area contributed by atoms with Crippen molar-refractivity contribution in [3.05, 3.63) is 184 Å². The summed E-state index contributed by atoms with van der Waals surface area (Å²) in [4.78, 5) is 82.0. The molecule has 5 N–H and O–H groups in total. The summed E-state index contributed by atoms with van der Waals surface area (Å²) < 4.78 is 43.4. The molecule has 0 saturated heterocycles. The summed E-state index contributed by atoms with van der Waals surface area (Å²) in [5.74, 6) is -3.08. The number of aromatic carboxylic acids is 1. The second-order valence-electron chi connectivity index (χ2n) is 17.6. The molecule has 0 unspecified atom stereocenters. The Labute approximate surface area is 474 Å². The number of carbonyl (C=O) groups is 5. The van der Waals surface area contributed by atoms with E-state index in [0.717, 1.165) is 12.1 Å². The fourth-order valence-electron chi connectivity index (χ4n) is 6.68. The van der Waals surface area contributed by atoms with Gasteiger partial charge in [-0.25, -0.2) is 14.4 Å². The quantitative estimate of drug-likeness (QED) is 0.0119. The topological polar surface area (TPSA) is 316 Å². The van der Waals surface area contributed by atoms with Gasteiger partial charge in [0, 0.05) is 23.5 Å². The molecule has 436 valence electrons. The molecular formula is C59H67N5O18. The third-order valence-corrected chi connectivity index (χ3v) is 10.1. The van der Waals surface area contributed by atoms with E-state index in [4.69, 9.17) is 48.7 Å². The van der Waals surface area contributed by atoms with Crippen LogP contribution >= 0.6 is 0 Å². The summed E-state index contributed by atoms with van der Waals surface area (Å²) in [6.07, 6.45) is 5.65. The lowest BCUT2D eigenvalue weighted by atomic mass is 10.1. The van der Waals surface area contributed by atoms with Crippen molar-refractivity contribution in [1.29, 1.82) is 0 Å². The van der Waals surface area contributed by atoms with E-state index in [2.05, 4.69) is 36.9 Å². The third kappa shape index (κ3) is 19.9. The predicted molar refractivity (Wildman–Crippen MR) is 308 cm³/mol. The highest BCUT2D eigenvalue weighted by Gasteiger charge is 2.30. The first-order chi connectivity index (χ1) is 39.0. The van der Waals surface area contributed by atoms with Gasteiger partial charge in [0.05, 0.1) is 62.7 Å². The van der Waals surface area contributed by atoms with E-state index in [1.165, 1.54) is 42.5 Å². The number of anilines is 3. The number of esters is 2. The molecule has 0 aliphatic carbocycles. The van der Waals surface area contributed by atoms with Gasteiger partial charge in [0.25, 0.3) is 11.8 Å². The maximum absolute atomic E-state index is 13.0. The minimum atomic E-state index is -1.26. The lowest BCUT2D eigenvalue weighted by Gasteiger charge is -2.19. The van der Waals surface area contributed by atoms with Crippen LogP contribution in [0.15, 0.2) is 136 Å². The van der Waals surface area contributed by atoms with Crippen LogP contribution in [0.3, 0.4) is 0 Å². The number of nitrogens with one attached hydrogen (secondary N) is 2. The SMILES string of the molecule is C=CCOC(=O)c1ccc(NC(=O)c2ccc(N)c(OC(C)C)c2OCC=C)cc1.C=CCOC(=O)c1ccc(NC(=O)c2ccc([N+](=O)[O-])c(OC(C)C)c2OCCC)cc1.C=CCOc1c(C(=O)O)ccc([N+](=O)[O-])c1OC(C)C. The monoisotopic (exact) mass is 1130 g/mol. The van der Waals surface area contributed by atoms with Crippen molar-refractivity contribution >= 4 is 58.2 Å². The van der Waals surface area contributed by atoms with Crippen molar-refractivity contribution in [2.24, 2.45) is 0 Å². The number of carbonyl (C=O) groups excluding carboxylic acids is 4. The largest absolute Gasteiger partial charge is 0.489 e. The zero-order valence-electron chi connectivity index (χ0n) is 46.6. The fraction of sp³-hybridized carbons (Fsp3) is 0.271. The summed E-state index contributed by atoms with van der Waals surface area (Å²) in [6, 6.07) is 20.4. The molecule has 0 fully saturated rings. The zero-order valence-corrected chi connectivity index (χ0v) is 46.6. The Balaban J connectivity index is 0.000000332. The molecule has 2 amide bonds. The Kier molecular flexibility index (Phi) is 26.8. The molecule has 0 aliphatic rings. The maximum Gasteiger partial charge on any atom is 0.339 e. The molecule has 23 heteroatoms. The Morgan fingerprint density at radius 2 is 0.878 bits per heavy atom. The Hall–Kier alpha value is -10.2. The number of ether oxygens (including phenoxy) is 8. The summed E-state index contributed by atoms with van der Waals surface area (Å²) >= 11 is 0. The van der Waals surface area contributed by atoms with Gasteiger partial charge in [0.1, 0.15) is 32.0 Å². The number of rotatable bonds is 28. The van der Waals surface area contributed by atoms with Crippen LogP contribution in [0.2, 0.25) is 0 Å². The number of hydrogen-bond acceptors (Lipinski definition) is 18. The maximum atomic E-state index is 13.0. The van der Waals surface area contributed by atoms with Gasteiger partial charge in [-0.2, -0.15) is 0 Å². The van der Waals surface area contributed by atoms with Crippen LogP contribution in [0.25, 0.3) is 0 Å². The molecule has 0 radical (unpaired) electrons. The average molecular weight is 1130 g/mol. The number of nitrogen functional groups attached to an aromatic ring is 1. The molecule has 0 aliphatic heterocycles. The van der Waals surface area contributed by atoms with Crippen molar-refractivity contribution in [2.75, 3.05) is 49.4 Å². The molecule has 0 heterocycles. The highest BCUT2D eigenvalue weighted by Crippen LogP contribution is 2.43. The number of hydrogen-bond donors (Lipinski definition) is 4. The molecule has 23 nitrogen and oxygen atoms in total. The molecule has 0 atom stereocenters. The first kappa shape index (κ1) is 66.1. The second-order valence-corrected chi connectivity index (χ2v) is 17.6. The van der Waals surface area contributed by atoms with Gasteiger partial charge in [-0.3, -0.25) is 29.8 Å². The molecule has 82 heavy (non-hydrogen) atoms. The summed E-state index contributed by atoms with van der Waals surface area (Å²) in [7, 11) is 0. The highest BCUT2D eigenvalue weighted by molar-refractivity contribution is 6.08. The molecular weight excluding hydrogens is 1070 g/mol. The average Bonchev–Trinajstić information content (AvgIpc) is 3.64. The van der Waals surface area contributed by atoms with Crippen molar-refractivity contribution in [1.82, 2.24) is 0 Å². The van der Waals surface area contributed by atoms with Crippen molar-refractivity contribution in [2.45, 2.75) is 73.2 Å². The van der Waals surface area contributed by atoms with Gasteiger partial charge in [-0.05, 0) is 121 Å². The summed E-state index contributed by atoms with van der Waals surface area (Å²) in [5, 5.41) is 37.1. The van der Waals surface area contributed by atoms with E-state index in [0.29, 0.717) is 40.4 Å². The number of benzene rings is 5.